The molecule has 0 saturated heterocycles. The Morgan fingerprint density at radius 2 is 1.81 bits per heavy atom. The lowest BCUT2D eigenvalue weighted by Crippen LogP contribution is -2.30. The number of primary amides is 1. The van der Waals surface area contributed by atoms with Crippen molar-refractivity contribution in [3.05, 3.63) is 59.7 Å². The molecule has 0 bridgehead atoms. The molecule has 2 aromatic rings. The fourth-order valence-corrected chi connectivity index (χ4v) is 2.71. The van der Waals surface area contributed by atoms with Gasteiger partial charge >= 0.3 is 5.97 Å². The molecule has 1 atom stereocenters. The second-order valence-electron chi connectivity index (χ2n) is 5.43. The molecule has 2 aromatic carbocycles. The summed E-state index contributed by atoms with van der Waals surface area (Å²) >= 11 is 0.766. The number of hydrogen-bond donors (Lipinski definition) is 2. The number of anilines is 1. The van der Waals surface area contributed by atoms with Crippen molar-refractivity contribution in [1.29, 1.82) is 0 Å². The molecule has 0 heterocycles. The number of nitrogens with one attached hydrogen (secondary N) is 1. The summed E-state index contributed by atoms with van der Waals surface area (Å²) in [6.07, 6.45) is -1.11. The van der Waals surface area contributed by atoms with Crippen LogP contribution in [0.5, 0.6) is 0 Å². The molecular weight excluding hydrogens is 378 g/mol. The van der Waals surface area contributed by atoms with Crippen LogP contribution in [-0.2, 0) is 14.3 Å². The third-order valence-electron chi connectivity index (χ3n) is 3.35. The summed E-state index contributed by atoms with van der Waals surface area (Å²) in [6.45, 7) is 1.37. The van der Waals surface area contributed by atoms with Gasteiger partial charge in [0.2, 0.25) is 5.91 Å². The van der Waals surface area contributed by atoms with Crippen LogP contribution in [0.3, 0.4) is 0 Å². The maximum absolute atomic E-state index is 13.5. The highest BCUT2D eigenvalue weighted by Gasteiger charge is 2.19. The zero-order valence-electron chi connectivity index (χ0n) is 14.2. The van der Waals surface area contributed by atoms with Gasteiger partial charge in [-0.3, -0.25) is 14.4 Å². The zero-order chi connectivity index (χ0) is 20.0. The van der Waals surface area contributed by atoms with Crippen LogP contribution in [0, 0.1) is 11.6 Å². The predicted molar refractivity (Wildman–Crippen MR) is 96.2 cm³/mol. The normalized spacial score (nSPS) is 11.5. The predicted octanol–water partition coefficient (Wildman–Crippen LogP) is 2.73. The topological polar surface area (TPSA) is 98.5 Å². The number of halogens is 2. The van der Waals surface area contributed by atoms with Gasteiger partial charge in [-0.15, -0.1) is 11.8 Å². The third kappa shape index (κ3) is 6.07. The van der Waals surface area contributed by atoms with E-state index in [9.17, 15) is 23.2 Å². The molecule has 6 nitrogen and oxygen atoms in total. The van der Waals surface area contributed by atoms with E-state index in [2.05, 4.69) is 5.32 Å². The van der Waals surface area contributed by atoms with Crippen LogP contribution >= 0.6 is 11.8 Å². The minimum Gasteiger partial charge on any atom is -0.452 e. The average molecular weight is 394 g/mol. The molecule has 3 N–H and O–H groups in total. The number of esters is 1. The lowest BCUT2D eigenvalue weighted by atomic mass is 10.2. The molecule has 0 aromatic heterocycles. The quantitative estimate of drug-likeness (QED) is 0.556. The van der Waals surface area contributed by atoms with Crippen molar-refractivity contribution in [1.82, 2.24) is 0 Å². The molecule has 0 saturated carbocycles. The van der Waals surface area contributed by atoms with Gasteiger partial charge in [-0.1, -0.05) is 0 Å². The summed E-state index contributed by atoms with van der Waals surface area (Å²) in [5.41, 5.74) is 5.81. The van der Waals surface area contributed by atoms with Crippen LogP contribution in [0.2, 0.25) is 0 Å². The Labute approximate surface area is 158 Å². The second kappa shape index (κ2) is 9.13. The molecule has 0 unspecified atom stereocenters. The van der Waals surface area contributed by atoms with Gasteiger partial charge in [0.05, 0.1) is 5.75 Å². The van der Waals surface area contributed by atoms with Crippen LogP contribution in [0.15, 0.2) is 47.4 Å². The molecule has 2 rings (SSSR count). The van der Waals surface area contributed by atoms with Crippen LogP contribution in [0.25, 0.3) is 0 Å². The first-order valence-corrected chi connectivity index (χ1v) is 8.73. The Morgan fingerprint density at radius 1 is 1.15 bits per heavy atom. The summed E-state index contributed by atoms with van der Waals surface area (Å²) < 4.78 is 31.6. The van der Waals surface area contributed by atoms with Crippen LogP contribution < -0.4 is 11.1 Å². The molecule has 0 radical (unpaired) electrons. The number of hydrogen-bond acceptors (Lipinski definition) is 5. The fourth-order valence-electron chi connectivity index (χ4n) is 1.97. The number of rotatable bonds is 7. The minimum absolute atomic E-state index is 0.0291. The highest BCUT2D eigenvalue weighted by molar-refractivity contribution is 8.00. The average Bonchev–Trinajstić information content (AvgIpc) is 2.62. The van der Waals surface area contributed by atoms with Crippen LogP contribution in [0.1, 0.15) is 17.3 Å². The molecule has 0 aliphatic heterocycles. The zero-order valence-corrected chi connectivity index (χ0v) is 15.0. The highest BCUT2D eigenvalue weighted by atomic mass is 32.2. The fraction of sp³-hybridized carbons (Fsp3) is 0.167. The summed E-state index contributed by atoms with van der Waals surface area (Å²) in [6, 6.07) is 8.75. The Balaban J connectivity index is 1.85. The van der Waals surface area contributed by atoms with Crippen molar-refractivity contribution in [2.24, 2.45) is 5.73 Å². The lowest BCUT2D eigenvalue weighted by molar-refractivity contribution is -0.150. The van der Waals surface area contributed by atoms with Gasteiger partial charge < -0.3 is 15.8 Å². The molecular formula is C18H16F2N2O4S. The van der Waals surface area contributed by atoms with E-state index in [0.29, 0.717) is 5.69 Å². The standard InChI is InChI=1S/C18H16F2N2O4S/c1-10(18(25)22-13-5-2-11(3-6-13)17(21)24)26-16(23)9-27-15-8-12(19)4-7-14(15)20/h2-8,10H,9H2,1H3,(H2,21,24)(H,22,25)/t10-/m0/s1. The van der Waals surface area contributed by atoms with E-state index in [4.69, 9.17) is 10.5 Å². The van der Waals surface area contributed by atoms with E-state index < -0.39 is 35.5 Å². The van der Waals surface area contributed by atoms with Gasteiger partial charge in [-0.2, -0.15) is 0 Å². The van der Waals surface area contributed by atoms with E-state index in [1.807, 2.05) is 0 Å². The van der Waals surface area contributed by atoms with E-state index in [1.54, 1.807) is 0 Å². The maximum atomic E-state index is 13.5. The minimum atomic E-state index is -1.11. The SMILES string of the molecule is C[C@H](OC(=O)CSc1cc(F)ccc1F)C(=O)Nc1ccc(C(N)=O)cc1. The smallest absolute Gasteiger partial charge is 0.317 e. The monoisotopic (exact) mass is 394 g/mol. The van der Waals surface area contributed by atoms with Crippen molar-refractivity contribution in [2.75, 3.05) is 11.1 Å². The van der Waals surface area contributed by atoms with Gasteiger partial charge in [0, 0.05) is 16.1 Å². The highest BCUT2D eigenvalue weighted by Crippen LogP contribution is 2.23. The van der Waals surface area contributed by atoms with Crippen molar-refractivity contribution in [2.45, 2.75) is 17.9 Å². The number of carbonyl (C=O) groups excluding carboxylic acids is 3. The molecule has 142 valence electrons. The Morgan fingerprint density at radius 3 is 2.44 bits per heavy atom. The van der Waals surface area contributed by atoms with Crippen molar-refractivity contribution in [3.8, 4) is 0 Å². The van der Waals surface area contributed by atoms with Crippen molar-refractivity contribution >= 4 is 35.2 Å². The number of amides is 2. The van der Waals surface area contributed by atoms with Gasteiger partial charge in [-0.25, -0.2) is 8.78 Å². The molecule has 0 aliphatic carbocycles. The molecule has 2 amide bonds. The van der Waals surface area contributed by atoms with Gasteiger partial charge in [-0.05, 0) is 49.4 Å². The van der Waals surface area contributed by atoms with Crippen molar-refractivity contribution < 1.29 is 27.9 Å². The van der Waals surface area contributed by atoms with Crippen LogP contribution in [-0.4, -0.2) is 29.6 Å². The summed E-state index contributed by atoms with van der Waals surface area (Å²) in [5, 5.41) is 2.52. The Kier molecular flexibility index (Phi) is 6.89. The first-order chi connectivity index (χ1) is 12.8. The second-order valence-corrected chi connectivity index (χ2v) is 6.44. The number of thioether (sulfide) groups is 1. The third-order valence-corrected chi connectivity index (χ3v) is 4.36. The molecule has 0 aliphatic rings. The van der Waals surface area contributed by atoms with Gasteiger partial charge in [0.15, 0.2) is 6.10 Å². The number of nitrogens with two attached hydrogens (primary N) is 1. The summed E-state index contributed by atoms with van der Waals surface area (Å²) in [4.78, 5) is 34.8. The van der Waals surface area contributed by atoms with Gasteiger partial charge in [0.25, 0.3) is 5.91 Å². The van der Waals surface area contributed by atoms with E-state index >= 15 is 0 Å². The number of benzene rings is 2. The molecule has 27 heavy (non-hydrogen) atoms. The largest absolute Gasteiger partial charge is 0.452 e. The Bertz CT molecular complexity index is 859. The van der Waals surface area contributed by atoms with Crippen molar-refractivity contribution in [3.63, 3.8) is 0 Å². The maximum Gasteiger partial charge on any atom is 0.317 e. The molecule has 0 spiro atoms. The van der Waals surface area contributed by atoms with E-state index in [0.717, 1.165) is 30.0 Å². The van der Waals surface area contributed by atoms with E-state index in [1.165, 1.54) is 31.2 Å². The van der Waals surface area contributed by atoms with Crippen LogP contribution in [0.4, 0.5) is 14.5 Å². The van der Waals surface area contributed by atoms with Gasteiger partial charge in [0.1, 0.15) is 11.6 Å². The van der Waals surface area contributed by atoms with E-state index in [-0.39, 0.29) is 16.2 Å². The summed E-state index contributed by atoms with van der Waals surface area (Å²) in [5.74, 6) is -3.50. The number of ether oxygens (including phenoxy) is 1. The first-order valence-electron chi connectivity index (χ1n) is 7.74. The first kappa shape index (κ1) is 20.4. The molecule has 0 fully saturated rings. The molecule has 9 heteroatoms. The summed E-state index contributed by atoms with van der Waals surface area (Å²) in [7, 11) is 0. The lowest BCUT2D eigenvalue weighted by Gasteiger charge is -2.13. The Hall–Kier alpha value is -2.94. The number of carbonyl (C=O) groups is 3.